The average Bonchev–Trinajstić information content (AvgIpc) is 3.59. The number of carbonyl (C=O) groups is 1. The van der Waals surface area contributed by atoms with E-state index in [1.807, 2.05) is 5.38 Å². The number of carbonyl (C=O) groups excluding carboxylic acids is 1. The van der Waals surface area contributed by atoms with E-state index in [-0.39, 0.29) is 28.1 Å². The summed E-state index contributed by atoms with van der Waals surface area (Å²) in [6, 6.07) is 0. The Hall–Kier alpha value is -1.13. The summed E-state index contributed by atoms with van der Waals surface area (Å²) in [6.07, 6.45) is 16.4. The maximum atomic E-state index is 12.7. The van der Waals surface area contributed by atoms with Gasteiger partial charge in [-0.25, -0.2) is 4.98 Å². The first-order valence-corrected chi connectivity index (χ1v) is 24.7. The fraction of sp³-hybridized carbons (Fsp3) is 0.744. The van der Waals surface area contributed by atoms with Crippen LogP contribution in [0.5, 0.6) is 0 Å². The molecule has 0 saturated heterocycles. The zero-order valence-corrected chi connectivity index (χ0v) is 34.2. The molecule has 258 valence electrons. The second-order valence-corrected chi connectivity index (χ2v) is 28.5. The molecule has 3 aliphatic rings. The first-order valence-electron chi connectivity index (χ1n) is 18.0. The van der Waals surface area contributed by atoms with Gasteiger partial charge in [0.15, 0.2) is 27.4 Å². The van der Waals surface area contributed by atoms with Crippen LogP contribution in [0.15, 0.2) is 47.0 Å². The van der Waals surface area contributed by atoms with Crippen molar-refractivity contribution in [2.24, 2.45) is 23.2 Å². The van der Waals surface area contributed by atoms with Gasteiger partial charge in [-0.1, -0.05) is 79.7 Å². The summed E-state index contributed by atoms with van der Waals surface area (Å²) in [5.41, 5.74) is 4.41. The first kappa shape index (κ1) is 37.7. The van der Waals surface area contributed by atoms with Gasteiger partial charge in [0, 0.05) is 24.4 Å². The van der Waals surface area contributed by atoms with Crippen LogP contribution in [0.1, 0.15) is 123 Å². The Kier molecular flexibility index (Phi) is 11.5. The molecule has 6 atom stereocenters. The second kappa shape index (κ2) is 14.0. The molecular formula is C39H65NO3SSi2. The smallest absolute Gasteiger partial charge is 0.192 e. The van der Waals surface area contributed by atoms with E-state index in [0.717, 1.165) is 24.8 Å². The summed E-state index contributed by atoms with van der Waals surface area (Å²) < 4.78 is 14.2. The van der Waals surface area contributed by atoms with Gasteiger partial charge in [-0.2, -0.15) is 0 Å². The number of hydrogen-bond donors (Lipinski definition) is 0. The van der Waals surface area contributed by atoms with Crippen molar-refractivity contribution < 1.29 is 13.6 Å². The molecule has 4 nitrogen and oxygen atoms in total. The van der Waals surface area contributed by atoms with Crippen LogP contribution in [-0.4, -0.2) is 39.6 Å². The number of rotatable bonds is 10. The highest BCUT2D eigenvalue weighted by molar-refractivity contribution is 7.11. The minimum Gasteiger partial charge on any atom is -0.413 e. The minimum atomic E-state index is -1.99. The maximum Gasteiger partial charge on any atom is 0.192 e. The van der Waals surface area contributed by atoms with Crippen molar-refractivity contribution in [1.82, 2.24) is 4.98 Å². The lowest BCUT2D eigenvalue weighted by Crippen LogP contribution is -2.49. The first-order chi connectivity index (χ1) is 21.2. The zero-order valence-electron chi connectivity index (χ0n) is 31.3. The van der Waals surface area contributed by atoms with Crippen molar-refractivity contribution in [2.45, 2.75) is 162 Å². The van der Waals surface area contributed by atoms with Gasteiger partial charge < -0.3 is 8.85 Å². The van der Waals surface area contributed by atoms with Crippen molar-refractivity contribution >= 4 is 33.8 Å². The van der Waals surface area contributed by atoms with Crippen LogP contribution < -0.4 is 0 Å². The number of fused-ring (bicyclic) bond motifs is 1. The lowest BCUT2D eigenvalue weighted by molar-refractivity contribution is 0.0855. The van der Waals surface area contributed by atoms with Crippen LogP contribution in [0.2, 0.25) is 36.3 Å². The quantitative estimate of drug-likeness (QED) is 0.182. The van der Waals surface area contributed by atoms with Crippen LogP contribution in [0.4, 0.5) is 0 Å². The van der Waals surface area contributed by atoms with Crippen molar-refractivity contribution in [3.05, 3.63) is 52.0 Å². The van der Waals surface area contributed by atoms with E-state index in [1.54, 1.807) is 11.8 Å². The van der Waals surface area contributed by atoms with Gasteiger partial charge in [-0.05, 0) is 116 Å². The fourth-order valence-electron chi connectivity index (χ4n) is 8.01. The average molecular weight is 684 g/mol. The molecule has 1 aromatic heterocycles. The summed E-state index contributed by atoms with van der Waals surface area (Å²) in [5, 5.41) is 2.87. The number of ketones is 1. The van der Waals surface area contributed by atoms with Crippen LogP contribution in [0, 0.1) is 23.2 Å². The van der Waals surface area contributed by atoms with Crippen molar-refractivity contribution in [3.63, 3.8) is 0 Å². The third-order valence-corrected chi connectivity index (χ3v) is 22.8. The Balaban J connectivity index is 1.55. The molecule has 1 aromatic rings. The SMILES string of the molecule is C=C1/C(=C\C=C2/CCC[C@]3(C)[C@@H]([C@H](C)CCC(=O)c4nccs4)CC[C@@H]23)CC(O[Si](C)(C)C(C)(C)C)CC1O[Si](C)(C)C(C)(C)C. The Labute approximate surface area is 288 Å². The standard InChI is InChI=1S/C39H65NO3SSi2/c1-27(16-21-34(41)36-40-23-24-44-36)32-19-20-33-29(15-14-22-39(32,33)9)17-18-30-25-31(42-45(10,11)37(3,4)5)26-35(28(30)2)43-46(12,13)38(6,7)8/h17-18,23-24,27,31-33,35H,2,14-16,19-22,25-26H2,1,3-13H3/b29-17+,30-18-/t27-,31?,32-,33+,35?,39-/m1/s1. The Bertz CT molecular complexity index is 1300. The second-order valence-electron chi connectivity index (χ2n) is 18.1. The van der Waals surface area contributed by atoms with E-state index in [9.17, 15) is 4.79 Å². The zero-order chi connectivity index (χ0) is 34.3. The lowest BCUT2D eigenvalue weighted by Gasteiger charge is -2.46. The Morgan fingerprint density at radius 2 is 1.74 bits per heavy atom. The largest absolute Gasteiger partial charge is 0.413 e. The third kappa shape index (κ3) is 8.18. The molecule has 4 rings (SSSR count). The summed E-state index contributed by atoms with van der Waals surface area (Å²) >= 11 is 1.47. The van der Waals surface area contributed by atoms with Crippen LogP contribution in [0.3, 0.4) is 0 Å². The van der Waals surface area contributed by atoms with Gasteiger partial charge in [-0.15, -0.1) is 11.3 Å². The molecule has 7 heteroatoms. The molecule has 0 spiro atoms. The van der Waals surface area contributed by atoms with E-state index in [0.29, 0.717) is 34.6 Å². The molecule has 46 heavy (non-hydrogen) atoms. The molecule has 3 saturated carbocycles. The lowest BCUT2D eigenvalue weighted by atomic mass is 9.60. The number of nitrogens with zero attached hydrogens (tertiary/aromatic N) is 1. The molecule has 0 bridgehead atoms. The van der Waals surface area contributed by atoms with Crippen molar-refractivity contribution in [2.75, 3.05) is 0 Å². The molecule has 2 unspecified atom stereocenters. The number of thiazole rings is 1. The topological polar surface area (TPSA) is 48.4 Å². The Morgan fingerprint density at radius 3 is 2.35 bits per heavy atom. The molecule has 3 fully saturated rings. The van der Waals surface area contributed by atoms with E-state index in [2.05, 4.69) is 105 Å². The highest BCUT2D eigenvalue weighted by Gasteiger charge is 2.51. The van der Waals surface area contributed by atoms with Crippen LogP contribution in [-0.2, 0) is 8.85 Å². The number of Topliss-reactive ketones (excluding diaryl/α,β-unsaturated/α-hetero) is 1. The van der Waals surface area contributed by atoms with Gasteiger partial charge in [-0.3, -0.25) is 4.79 Å². The summed E-state index contributed by atoms with van der Waals surface area (Å²) in [7, 11) is -3.93. The van der Waals surface area contributed by atoms with Gasteiger partial charge in [0.2, 0.25) is 0 Å². The van der Waals surface area contributed by atoms with Crippen molar-refractivity contribution in [1.29, 1.82) is 0 Å². The molecule has 3 aliphatic carbocycles. The summed E-state index contributed by atoms with van der Waals surface area (Å²) in [4.78, 5) is 17.0. The van der Waals surface area contributed by atoms with Gasteiger partial charge in [0.05, 0.1) is 12.2 Å². The predicted octanol–water partition coefficient (Wildman–Crippen LogP) is 11.9. The van der Waals surface area contributed by atoms with Gasteiger partial charge >= 0.3 is 0 Å². The molecule has 0 aromatic carbocycles. The minimum absolute atomic E-state index is 0.00878. The van der Waals surface area contributed by atoms with Gasteiger partial charge in [0.25, 0.3) is 0 Å². The predicted molar refractivity (Wildman–Crippen MR) is 202 cm³/mol. The normalized spacial score (nSPS) is 30.6. The fourth-order valence-corrected chi connectivity index (χ4v) is 11.3. The van der Waals surface area contributed by atoms with Crippen LogP contribution in [0.25, 0.3) is 0 Å². The summed E-state index contributed by atoms with van der Waals surface area (Å²) in [6.45, 7) is 33.1. The summed E-state index contributed by atoms with van der Waals surface area (Å²) in [5.74, 6) is 2.02. The van der Waals surface area contributed by atoms with Crippen molar-refractivity contribution in [3.8, 4) is 0 Å². The molecular weight excluding hydrogens is 619 g/mol. The van der Waals surface area contributed by atoms with E-state index in [4.69, 9.17) is 8.85 Å². The third-order valence-electron chi connectivity index (χ3n) is 13.0. The Morgan fingerprint density at radius 1 is 1.09 bits per heavy atom. The monoisotopic (exact) mass is 683 g/mol. The van der Waals surface area contributed by atoms with Crippen LogP contribution >= 0.6 is 11.3 Å². The maximum absolute atomic E-state index is 12.7. The van der Waals surface area contributed by atoms with E-state index < -0.39 is 16.6 Å². The molecule has 0 N–H and O–H groups in total. The molecule has 0 radical (unpaired) electrons. The molecule has 0 amide bonds. The molecule has 1 heterocycles. The van der Waals surface area contributed by atoms with E-state index in [1.165, 1.54) is 49.0 Å². The number of aromatic nitrogens is 1. The number of hydrogen-bond acceptors (Lipinski definition) is 5. The molecule has 0 aliphatic heterocycles. The highest BCUT2D eigenvalue weighted by atomic mass is 32.1. The van der Waals surface area contributed by atoms with Gasteiger partial charge in [0.1, 0.15) is 0 Å². The highest BCUT2D eigenvalue weighted by Crippen LogP contribution is 2.60. The number of allylic oxidation sites excluding steroid dienone is 3. The van der Waals surface area contributed by atoms with E-state index >= 15 is 0 Å².